The van der Waals surface area contributed by atoms with Crippen molar-refractivity contribution in [1.82, 2.24) is 14.8 Å². The van der Waals surface area contributed by atoms with E-state index in [-0.39, 0.29) is 37.5 Å². The predicted molar refractivity (Wildman–Crippen MR) is 108 cm³/mol. The fourth-order valence-electron chi connectivity index (χ4n) is 2.92. The van der Waals surface area contributed by atoms with Crippen LogP contribution in [-0.2, 0) is 16.6 Å². The average Bonchev–Trinajstić information content (AvgIpc) is 3.42. The molecule has 31 heavy (non-hydrogen) atoms. The van der Waals surface area contributed by atoms with Crippen LogP contribution in [0.5, 0.6) is 11.5 Å². The van der Waals surface area contributed by atoms with Gasteiger partial charge >= 0.3 is 24.8 Å². The van der Waals surface area contributed by atoms with E-state index in [0.717, 1.165) is 17.7 Å². The summed E-state index contributed by atoms with van der Waals surface area (Å²) in [7, 11) is 1.75. The zero-order valence-corrected chi connectivity index (χ0v) is 15.7. The number of aromatic nitrogens is 3. The predicted octanol–water partition coefficient (Wildman–Crippen LogP) is 2.71. The van der Waals surface area contributed by atoms with E-state index < -0.39 is 40.4 Å². The van der Waals surface area contributed by atoms with Gasteiger partial charge in [-0.3, -0.25) is 19.3 Å². The van der Waals surface area contributed by atoms with E-state index in [9.17, 15) is 18.4 Å². The number of hydrogen-bond acceptors (Lipinski definition) is 5. The molecule has 4 rings (SSSR count). The maximum atomic E-state index is 14.5. The van der Waals surface area contributed by atoms with E-state index >= 15 is 0 Å². The van der Waals surface area contributed by atoms with Crippen molar-refractivity contribution in [1.29, 1.82) is 0 Å². The number of aryl methyl sites for hydroxylation is 1. The summed E-state index contributed by atoms with van der Waals surface area (Å²) in [6.45, 7) is 0. The molecule has 0 radical (unpaired) electrons. The molecule has 8 nitrogen and oxygen atoms in total. The Bertz CT molecular complexity index is 1160. The summed E-state index contributed by atoms with van der Waals surface area (Å²) in [5.74, 6) is -4.22. The van der Waals surface area contributed by atoms with Gasteiger partial charge in [-0.25, -0.2) is 8.78 Å². The second kappa shape index (κ2) is 8.49. The number of anilines is 1. The molecule has 0 unspecified atom stereocenters. The van der Waals surface area contributed by atoms with Crippen molar-refractivity contribution < 1.29 is 28.2 Å². The van der Waals surface area contributed by atoms with Crippen molar-refractivity contribution in [2.45, 2.75) is 12.8 Å². The molecular weight excluding hydrogens is 405 g/mol. The van der Waals surface area contributed by atoms with Crippen molar-refractivity contribution in [2.24, 2.45) is 12.5 Å². The number of nitrogens with zero attached hydrogens (tertiary/aromatic N) is 3. The molecule has 1 aromatic carbocycles. The zero-order valence-electron chi connectivity index (χ0n) is 15.7. The molecule has 156 valence electrons. The van der Waals surface area contributed by atoms with Gasteiger partial charge in [0.2, 0.25) is 5.91 Å². The summed E-state index contributed by atoms with van der Waals surface area (Å²) in [5.41, 5.74) is -0.769. The molecule has 2 aromatic heterocycles. The average molecular weight is 422 g/mol. The Morgan fingerprint density at radius 1 is 1.23 bits per heavy atom. The number of benzene rings is 1. The van der Waals surface area contributed by atoms with Crippen molar-refractivity contribution in [3.8, 4) is 22.8 Å². The zero-order chi connectivity index (χ0) is 21.5. The number of carboxylic acid groups (broad SMARTS) is 1. The number of rotatable bonds is 6. The van der Waals surface area contributed by atoms with E-state index in [1.54, 1.807) is 30.2 Å². The fourth-order valence-corrected chi connectivity index (χ4v) is 2.92. The van der Waals surface area contributed by atoms with Gasteiger partial charge < -0.3 is 15.2 Å². The summed E-state index contributed by atoms with van der Waals surface area (Å²) in [5, 5.41) is 15.3. The third-order valence-electron chi connectivity index (χ3n) is 4.82. The van der Waals surface area contributed by atoms with Crippen LogP contribution in [0.1, 0.15) is 12.8 Å². The Kier molecular flexibility index (Phi) is 6.15. The molecule has 0 aliphatic heterocycles. The first-order chi connectivity index (χ1) is 14.3. The molecule has 11 heteroatoms. The van der Waals surface area contributed by atoms with Gasteiger partial charge in [-0.05, 0) is 18.9 Å². The van der Waals surface area contributed by atoms with Gasteiger partial charge in [-0.15, -0.1) is 0 Å². The number of ether oxygens (including phenoxy) is 1. The van der Waals surface area contributed by atoms with Crippen molar-refractivity contribution in [3.05, 3.63) is 54.5 Å². The Hall–Kier alpha value is -3.22. The summed E-state index contributed by atoms with van der Waals surface area (Å²) in [6, 6.07) is 4.57. The van der Waals surface area contributed by atoms with E-state index in [2.05, 4.69) is 15.4 Å². The van der Waals surface area contributed by atoms with Crippen LogP contribution in [0.2, 0.25) is 0 Å². The normalized spacial score (nSPS) is 13.8. The Morgan fingerprint density at radius 2 is 1.97 bits per heavy atom. The second-order valence-electron chi connectivity index (χ2n) is 6.99. The van der Waals surface area contributed by atoms with Gasteiger partial charge in [0.15, 0.2) is 17.4 Å². The van der Waals surface area contributed by atoms with Crippen LogP contribution in [0.3, 0.4) is 0 Å². The molecule has 0 atom stereocenters. The monoisotopic (exact) mass is 422 g/mol. The number of carbonyl (C=O) groups is 2. The number of aliphatic carboxylic acids is 1. The Balaban J connectivity index is 0.00000272. The number of pyridine rings is 1. The second-order valence-corrected chi connectivity index (χ2v) is 6.99. The van der Waals surface area contributed by atoms with E-state index in [0.29, 0.717) is 5.69 Å². The number of nitrogens with one attached hydrogen (secondary N) is 1. The van der Waals surface area contributed by atoms with Crippen LogP contribution in [0, 0.1) is 17.0 Å². The quantitative estimate of drug-likeness (QED) is 0.467. The molecule has 2 N–H and O–H groups in total. The van der Waals surface area contributed by atoms with Crippen LogP contribution < -0.4 is 10.1 Å². The first-order valence-electron chi connectivity index (χ1n) is 8.95. The summed E-state index contributed by atoms with van der Waals surface area (Å²) in [4.78, 5) is 27.5. The van der Waals surface area contributed by atoms with E-state index in [4.69, 9.17) is 9.84 Å². The number of amides is 1. The van der Waals surface area contributed by atoms with Gasteiger partial charge in [0.25, 0.3) is 0 Å². The molecular formula is C20H17F2LiN4O4. The van der Waals surface area contributed by atoms with Gasteiger partial charge in [0.1, 0.15) is 11.2 Å². The Morgan fingerprint density at radius 3 is 2.58 bits per heavy atom. The van der Waals surface area contributed by atoms with Crippen LogP contribution >= 0.6 is 0 Å². The summed E-state index contributed by atoms with van der Waals surface area (Å²) >= 11 is 0. The molecule has 3 aromatic rings. The van der Waals surface area contributed by atoms with Gasteiger partial charge in [0.05, 0.1) is 17.6 Å². The molecule has 2 heterocycles. The van der Waals surface area contributed by atoms with Crippen LogP contribution in [0.4, 0.5) is 14.5 Å². The van der Waals surface area contributed by atoms with Crippen molar-refractivity contribution in [3.63, 3.8) is 0 Å². The van der Waals surface area contributed by atoms with Crippen molar-refractivity contribution >= 4 is 36.4 Å². The molecule has 0 bridgehead atoms. The van der Waals surface area contributed by atoms with Gasteiger partial charge in [-0.2, -0.15) is 5.10 Å². The summed E-state index contributed by atoms with van der Waals surface area (Å²) < 4.78 is 35.9. The molecule has 1 aliphatic carbocycles. The minimum absolute atomic E-state index is 0. The Labute approximate surface area is 187 Å². The topological polar surface area (TPSA) is 106 Å². The first kappa shape index (κ1) is 22.5. The number of hydrogen-bond donors (Lipinski definition) is 2. The third kappa shape index (κ3) is 4.45. The SMILES string of the molecule is Cn1cc(-c2cc(Oc3cc(F)c(NC(=O)C4(C(=O)O)CC4)cc3F)ccn2)cn1.[LiH]. The minimum atomic E-state index is -1.57. The van der Waals surface area contributed by atoms with Crippen LogP contribution in [0.25, 0.3) is 11.3 Å². The molecule has 1 aliphatic rings. The number of halogens is 2. The molecule has 1 fully saturated rings. The number of carboxylic acids is 1. The molecule has 1 amide bonds. The van der Waals surface area contributed by atoms with Crippen LogP contribution in [-0.4, -0.2) is 50.6 Å². The fraction of sp³-hybridized carbons (Fsp3) is 0.200. The molecule has 1 saturated carbocycles. The van der Waals surface area contributed by atoms with Gasteiger partial charge in [-0.1, -0.05) is 0 Å². The maximum absolute atomic E-state index is 14.5. The standard InChI is InChI=1S/C20H16F2N4O4.Li.H/c1-26-10-11(9-24-26)15-6-12(2-5-23-15)30-17-8-13(21)16(7-14(17)22)25-18(27)20(3-4-20)19(28)29;;/h2,5-10H,3-4H2,1H3,(H,25,27)(H,28,29);;. The summed E-state index contributed by atoms with van der Waals surface area (Å²) in [6.07, 6.45) is 5.12. The third-order valence-corrected chi connectivity index (χ3v) is 4.82. The van der Waals surface area contributed by atoms with Gasteiger partial charge in [0, 0.05) is 43.2 Å². The number of carbonyl (C=O) groups excluding carboxylic acids is 1. The van der Waals surface area contributed by atoms with E-state index in [1.807, 2.05) is 0 Å². The first-order valence-corrected chi connectivity index (χ1v) is 8.95. The van der Waals surface area contributed by atoms with Crippen molar-refractivity contribution in [2.75, 3.05) is 5.32 Å². The molecule has 0 spiro atoms. The molecule has 0 saturated heterocycles. The van der Waals surface area contributed by atoms with E-state index in [1.165, 1.54) is 12.3 Å². The van der Waals surface area contributed by atoms with Crippen LogP contribution in [0.15, 0.2) is 42.9 Å².